The highest BCUT2D eigenvalue weighted by molar-refractivity contribution is 5.94. The maximum Gasteiger partial charge on any atom is 0.408 e. The Balaban J connectivity index is 1.56. The van der Waals surface area contributed by atoms with Crippen LogP contribution in [0.2, 0.25) is 0 Å². The van der Waals surface area contributed by atoms with Crippen LogP contribution in [-0.4, -0.2) is 127 Å². The first-order valence-corrected chi connectivity index (χ1v) is 21.4. The van der Waals surface area contributed by atoms with Gasteiger partial charge in [0.2, 0.25) is 6.10 Å². The Morgan fingerprint density at radius 2 is 1.59 bits per heavy atom. The average Bonchev–Trinajstić information content (AvgIpc) is 3.23. The van der Waals surface area contributed by atoms with Crippen LogP contribution in [0, 0.1) is 16.7 Å². The second kappa shape index (κ2) is 18.3. The number of alkyl carbamates (subject to hydrolysis) is 1. The van der Waals surface area contributed by atoms with Crippen LogP contribution in [0.15, 0.2) is 71.8 Å². The zero-order valence-electron chi connectivity index (χ0n) is 38.1. The number of amides is 1. The van der Waals surface area contributed by atoms with Gasteiger partial charge >= 0.3 is 24.0 Å². The first-order chi connectivity index (χ1) is 30.0. The SMILES string of the molecule is CO[C@H]1C(=O)[C@]2(C)[C@@H](OC)C[C@H]3OC[C@@]3(O[C@@H](C)O)[C@H]2[C@H](OC(=O)c2ccccc2)[C@@]2(O)C[C@H](OC(=O)[C@H](OC(=O)CN)[C@@H](NC(=O)OC(C)(C)C)c3ccccc3)C(C)=C1C2(C)C. The number of esters is 3. The van der Waals surface area contributed by atoms with E-state index in [0.717, 1.165) is 0 Å². The van der Waals surface area contributed by atoms with Crippen molar-refractivity contribution in [2.75, 3.05) is 27.4 Å². The Kier molecular flexibility index (Phi) is 13.9. The van der Waals surface area contributed by atoms with Crippen molar-refractivity contribution >= 4 is 29.8 Å². The number of aliphatic hydroxyl groups excluding tert-OH is 1. The van der Waals surface area contributed by atoms with Crippen LogP contribution in [0.5, 0.6) is 0 Å². The largest absolute Gasteiger partial charge is 0.455 e. The van der Waals surface area contributed by atoms with Crippen LogP contribution in [0.25, 0.3) is 0 Å². The van der Waals surface area contributed by atoms with Crippen LogP contribution in [-0.2, 0) is 52.3 Å². The molecular weight excluding hydrogens is 833 g/mol. The Hall–Kier alpha value is -4.75. The maximum absolute atomic E-state index is 15.7. The molecule has 2 aromatic rings. The fourth-order valence-electron chi connectivity index (χ4n) is 10.4. The van der Waals surface area contributed by atoms with Gasteiger partial charge in [0.15, 0.2) is 12.1 Å². The van der Waals surface area contributed by atoms with E-state index >= 15 is 4.79 Å². The molecular formula is C47H62N2O15. The number of carbonyl (C=O) groups excluding carboxylic acids is 5. The van der Waals surface area contributed by atoms with Crippen molar-refractivity contribution in [3.8, 4) is 0 Å². The Morgan fingerprint density at radius 3 is 2.12 bits per heavy atom. The van der Waals surface area contributed by atoms with Crippen molar-refractivity contribution in [2.45, 2.75) is 134 Å². The molecule has 1 heterocycles. The zero-order valence-corrected chi connectivity index (χ0v) is 38.1. The molecule has 350 valence electrons. The van der Waals surface area contributed by atoms with Crippen LogP contribution in [0.3, 0.4) is 0 Å². The third kappa shape index (κ3) is 8.59. The smallest absolute Gasteiger partial charge is 0.408 e. The fourth-order valence-corrected chi connectivity index (χ4v) is 10.4. The molecule has 3 aliphatic carbocycles. The number of aliphatic hydroxyl groups is 2. The van der Waals surface area contributed by atoms with Gasteiger partial charge in [-0.15, -0.1) is 0 Å². The second-order valence-electron chi connectivity index (χ2n) is 18.8. The lowest BCUT2D eigenvalue weighted by molar-refractivity contribution is -0.381. The highest BCUT2D eigenvalue weighted by Crippen LogP contribution is 2.65. The molecule has 4 aliphatic rings. The van der Waals surface area contributed by atoms with E-state index < -0.39 is 125 Å². The van der Waals surface area contributed by atoms with Crippen molar-refractivity contribution < 1.29 is 72.1 Å². The molecule has 0 unspecified atom stereocenters. The van der Waals surface area contributed by atoms with Crippen LogP contribution in [0.4, 0.5) is 4.79 Å². The summed E-state index contributed by atoms with van der Waals surface area (Å²) in [6.07, 6.45) is -10.7. The van der Waals surface area contributed by atoms with E-state index in [2.05, 4.69) is 5.32 Å². The van der Waals surface area contributed by atoms with Crippen molar-refractivity contribution in [2.24, 2.45) is 22.5 Å². The van der Waals surface area contributed by atoms with E-state index in [1.54, 1.807) is 109 Å². The highest BCUT2D eigenvalue weighted by Gasteiger charge is 2.78. The van der Waals surface area contributed by atoms with Gasteiger partial charge in [-0.1, -0.05) is 62.4 Å². The minimum atomic E-state index is -2.25. The molecule has 64 heavy (non-hydrogen) atoms. The molecule has 0 aromatic heterocycles. The molecule has 5 N–H and O–H groups in total. The predicted octanol–water partition coefficient (Wildman–Crippen LogP) is 3.87. The van der Waals surface area contributed by atoms with Gasteiger partial charge in [0.05, 0.1) is 36.3 Å². The number of fused-ring (bicyclic) bond motifs is 5. The molecule has 17 heteroatoms. The minimum Gasteiger partial charge on any atom is -0.455 e. The molecule has 1 aliphatic heterocycles. The lowest BCUT2D eigenvalue weighted by atomic mass is 9.44. The summed E-state index contributed by atoms with van der Waals surface area (Å²) in [6.45, 7) is 12.3. The number of Topliss-reactive ketones (excluding diaryl/α,β-unsaturated/α-hetero) is 1. The molecule has 1 amide bonds. The maximum atomic E-state index is 15.7. The van der Waals surface area contributed by atoms with Crippen molar-refractivity contribution in [1.29, 1.82) is 0 Å². The second-order valence-corrected chi connectivity index (χ2v) is 18.8. The summed E-state index contributed by atoms with van der Waals surface area (Å²) in [4.78, 5) is 71.2. The molecule has 17 nitrogen and oxygen atoms in total. The van der Waals surface area contributed by atoms with Gasteiger partial charge < -0.3 is 59.2 Å². The van der Waals surface area contributed by atoms with Crippen LogP contribution in [0.1, 0.15) is 90.2 Å². The zero-order chi connectivity index (χ0) is 47.2. The van der Waals surface area contributed by atoms with Crippen molar-refractivity contribution in [3.05, 3.63) is 82.9 Å². The van der Waals surface area contributed by atoms with E-state index in [1.807, 2.05) is 0 Å². The highest BCUT2D eigenvalue weighted by atomic mass is 16.7. The summed E-state index contributed by atoms with van der Waals surface area (Å²) in [6, 6.07) is 15.0. The van der Waals surface area contributed by atoms with Gasteiger partial charge in [-0.2, -0.15) is 0 Å². The molecule has 2 saturated carbocycles. The van der Waals surface area contributed by atoms with E-state index in [0.29, 0.717) is 11.1 Å². The number of nitrogens with one attached hydrogen (secondary N) is 1. The number of carbonyl (C=O) groups is 5. The monoisotopic (exact) mass is 894 g/mol. The normalized spacial score (nSPS) is 32.2. The van der Waals surface area contributed by atoms with E-state index in [1.165, 1.54) is 21.1 Å². The van der Waals surface area contributed by atoms with Gasteiger partial charge in [0, 0.05) is 38.4 Å². The summed E-state index contributed by atoms with van der Waals surface area (Å²) in [7, 11) is 2.79. The molecule has 2 aromatic carbocycles. The molecule has 2 bridgehead atoms. The molecule has 12 atom stereocenters. The van der Waals surface area contributed by atoms with E-state index in [4.69, 9.17) is 43.6 Å². The van der Waals surface area contributed by atoms with Crippen LogP contribution < -0.4 is 11.1 Å². The summed E-state index contributed by atoms with van der Waals surface area (Å²) in [5.41, 5.74) is -1.16. The van der Waals surface area contributed by atoms with E-state index in [-0.39, 0.29) is 24.2 Å². The van der Waals surface area contributed by atoms with Gasteiger partial charge in [-0.25, -0.2) is 14.4 Å². The number of hydrogen-bond donors (Lipinski definition) is 4. The van der Waals surface area contributed by atoms with Crippen LogP contribution >= 0.6 is 0 Å². The lowest BCUT2D eigenvalue weighted by Gasteiger charge is -2.68. The third-order valence-electron chi connectivity index (χ3n) is 13.5. The molecule has 0 spiro atoms. The quantitative estimate of drug-likeness (QED) is 0.0967. The topological polar surface area (TPSA) is 238 Å². The Morgan fingerprint density at radius 1 is 0.969 bits per heavy atom. The number of methoxy groups -OCH3 is 2. The fraction of sp³-hybridized carbons (Fsp3) is 0.596. The number of nitrogens with two attached hydrogens (primary N) is 1. The van der Waals surface area contributed by atoms with Gasteiger partial charge in [-0.05, 0) is 70.4 Å². The lowest BCUT2D eigenvalue weighted by Crippen LogP contribution is -2.82. The van der Waals surface area contributed by atoms with E-state index in [9.17, 15) is 29.4 Å². The summed E-state index contributed by atoms with van der Waals surface area (Å²) in [5.74, 6) is -4.80. The first-order valence-electron chi connectivity index (χ1n) is 21.4. The minimum absolute atomic E-state index is 0.138. The standard InChI is InChI=1S/C47H62N2O15/c1-25-29(60-41(54)36(61-32(51)23-48)34(27-17-13-11-14-18-27)49-42(55)64-43(3,4)5)22-47(56)39(62-40(53)28-19-15-12-16-20-28)37-45(8,38(52)35(58-10)33(25)44(47,6)7)30(57-9)21-31-46(37,24-59-31)63-26(2)50/h11-20,26,29-31,34-37,39,50,56H,21-24,48H2,1-10H3,(H,49,55)/t26-,29-,30-,31+,34-,35+,36+,37-,39-,45+,46-,47-/m0/s1. The first kappa shape index (κ1) is 48.7. The van der Waals surface area contributed by atoms with Gasteiger partial charge in [0.25, 0.3) is 0 Å². The van der Waals surface area contributed by atoms with Gasteiger partial charge in [0.1, 0.15) is 41.2 Å². The molecule has 3 fully saturated rings. The number of benzene rings is 2. The Bertz CT molecular complexity index is 2100. The van der Waals surface area contributed by atoms with Gasteiger partial charge in [-0.3, -0.25) is 9.59 Å². The molecule has 1 saturated heterocycles. The summed E-state index contributed by atoms with van der Waals surface area (Å²) >= 11 is 0. The Labute approximate surface area is 373 Å². The van der Waals surface area contributed by atoms with Crippen molar-refractivity contribution in [3.63, 3.8) is 0 Å². The third-order valence-corrected chi connectivity index (χ3v) is 13.5. The molecule has 6 rings (SSSR count). The summed E-state index contributed by atoms with van der Waals surface area (Å²) in [5, 5.41) is 27.4. The number of ether oxygens (including phenoxy) is 8. The molecule has 0 radical (unpaired) electrons. The number of ketones is 1. The average molecular weight is 895 g/mol. The number of hydrogen-bond acceptors (Lipinski definition) is 16. The van der Waals surface area contributed by atoms with Crippen molar-refractivity contribution in [1.82, 2.24) is 5.32 Å². The number of rotatable bonds is 13. The summed E-state index contributed by atoms with van der Waals surface area (Å²) < 4.78 is 48.7. The predicted molar refractivity (Wildman–Crippen MR) is 227 cm³/mol.